The van der Waals surface area contributed by atoms with Crippen molar-refractivity contribution < 1.29 is 14.2 Å². The Morgan fingerprint density at radius 3 is 2.73 bits per heavy atom. The van der Waals surface area contributed by atoms with Crippen molar-refractivity contribution in [2.45, 2.75) is 31.4 Å². The number of Topliss-reactive ketones (excluding diaryl/α,β-unsaturated/α-hetero) is 1. The molecule has 0 N–H and O–H groups in total. The van der Waals surface area contributed by atoms with Gasteiger partial charge in [0.1, 0.15) is 22.4 Å². The maximum Gasteiger partial charge on any atom is 0.170 e. The van der Waals surface area contributed by atoms with E-state index in [4.69, 9.17) is 9.37 Å². The molecule has 5 rings (SSSR count). The van der Waals surface area contributed by atoms with Crippen LogP contribution in [0.15, 0.2) is 47.1 Å². The molecule has 0 saturated carbocycles. The average Bonchev–Trinajstić information content (AvgIpc) is 3.12. The van der Waals surface area contributed by atoms with Gasteiger partial charge in [-0.15, -0.1) is 0 Å². The van der Waals surface area contributed by atoms with Crippen LogP contribution in [0.25, 0.3) is 11.0 Å². The first-order chi connectivity index (χ1) is 12.7. The highest BCUT2D eigenvalue weighted by atomic mass is 16.6. The summed E-state index contributed by atoms with van der Waals surface area (Å²) < 4.78 is 11.1. The van der Waals surface area contributed by atoms with E-state index < -0.39 is 0 Å². The van der Waals surface area contributed by atoms with E-state index in [1.807, 2.05) is 36.4 Å². The standard InChI is InChI=1S/C20H19N3O3/c24-18-12-20(25-19-4-2-1-3-15(18)19)7-9-23(10-8-20)13-14-5-6-16-17(11-14)22-26-21-16/h1-6,11H,7-10,12-13H2. The second kappa shape index (κ2) is 5.92. The van der Waals surface area contributed by atoms with Crippen LogP contribution < -0.4 is 4.74 Å². The molecular weight excluding hydrogens is 330 g/mol. The number of piperidine rings is 1. The summed E-state index contributed by atoms with van der Waals surface area (Å²) in [6, 6.07) is 13.6. The summed E-state index contributed by atoms with van der Waals surface area (Å²) in [4.78, 5) is 14.9. The van der Waals surface area contributed by atoms with Gasteiger partial charge in [0.25, 0.3) is 0 Å². The van der Waals surface area contributed by atoms with Gasteiger partial charge in [-0.25, -0.2) is 4.63 Å². The number of hydrogen-bond donors (Lipinski definition) is 0. The predicted molar refractivity (Wildman–Crippen MR) is 95.1 cm³/mol. The summed E-state index contributed by atoms with van der Waals surface area (Å²) in [6.45, 7) is 2.67. The minimum absolute atomic E-state index is 0.198. The van der Waals surface area contributed by atoms with Crippen LogP contribution in [-0.4, -0.2) is 39.7 Å². The van der Waals surface area contributed by atoms with Crippen molar-refractivity contribution in [3.63, 3.8) is 0 Å². The van der Waals surface area contributed by atoms with Crippen molar-refractivity contribution in [2.24, 2.45) is 0 Å². The van der Waals surface area contributed by atoms with Crippen molar-refractivity contribution in [3.8, 4) is 5.75 Å². The Labute approximate surface area is 150 Å². The molecule has 0 amide bonds. The number of nitrogens with zero attached hydrogens (tertiary/aromatic N) is 3. The first kappa shape index (κ1) is 15.5. The molecule has 0 bridgehead atoms. The second-order valence-corrected chi connectivity index (χ2v) is 7.24. The van der Waals surface area contributed by atoms with Gasteiger partial charge in [-0.1, -0.05) is 18.2 Å². The summed E-state index contributed by atoms with van der Waals surface area (Å²) in [7, 11) is 0. The zero-order chi connectivity index (χ0) is 17.6. The molecule has 1 saturated heterocycles. The van der Waals surface area contributed by atoms with E-state index >= 15 is 0 Å². The van der Waals surface area contributed by atoms with Crippen LogP contribution in [0.2, 0.25) is 0 Å². The molecule has 0 unspecified atom stereocenters. The maximum absolute atomic E-state index is 12.5. The van der Waals surface area contributed by atoms with Gasteiger partial charge in [0, 0.05) is 32.5 Å². The van der Waals surface area contributed by atoms with Gasteiger partial charge in [-0.2, -0.15) is 0 Å². The van der Waals surface area contributed by atoms with Crippen LogP contribution in [0.5, 0.6) is 5.75 Å². The van der Waals surface area contributed by atoms with E-state index in [0.29, 0.717) is 6.42 Å². The van der Waals surface area contributed by atoms with E-state index in [1.54, 1.807) is 0 Å². The number of fused-ring (bicyclic) bond motifs is 2. The Hall–Kier alpha value is -2.73. The van der Waals surface area contributed by atoms with Crippen LogP contribution >= 0.6 is 0 Å². The van der Waals surface area contributed by atoms with Crippen molar-refractivity contribution in [1.29, 1.82) is 0 Å². The number of benzene rings is 2. The monoisotopic (exact) mass is 349 g/mol. The summed E-state index contributed by atoms with van der Waals surface area (Å²) >= 11 is 0. The Balaban J connectivity index is 1.28. The van der Waals surface area contributed by atoms with Gasteiger partial charge < -0.3 is 4.74 Å². The molecule has 26 heavy (non-hydrogen) atoms. The summed E-state index contributed by atoms with van der Waals surface area (Å²) in [5, 5.41) is 7.75. The molecule has 2 aromatic carbocycles. The van der Waals surface area contributed by atoms with Gasteiger partial charge in [0.15, 0.2) is 5.78 Å². The van der Waals surface area contributed by atoms with Crippen molar-refractivity contribution in [1.82, 2.24) is 15.2 Å². The number of rotatable bonds is 2. The summed E-state index contributed by atoms with van der Waals surface area (Å²) in [5.74, 6) is 0.936. The fraction of sp³-hybridized carbons (Fsp3) is 0.350. The highest BCUT2D eigenvalue weighted by Gasteiger charge is 2.42. The molecule has 6 heteroatoms. The topological polar surface area (TPSA) is 68.5 Å². The number of carbonyl (C=O) groups excluding carboxylic acids is 1. The fourth-order valence-electron chi connectivity index (χ4n) is 4.02. The summed E-state index contributed by atoms with van der Waals surface area (Å²) in [6.07, 6.45) is 2.20. The Bertz CT molecular complexity index is 973. The lowest BCUT2D eigenvalue weighted by molar-refractivity contribution is -0.0107. The fourth-order valence-corrected chi connectivity index (χ4v) is 4.02. The zero-order valence-electron chi connectivity index (χ0n) is 14.4. The second-order valence-electron chi connectivity index (χ2n) is 7.24. The lowest BCUT2D eigenvalue weighted by Crippen LogP contribution is -2.50. The first-order valence-corrected chi connectivity index (χ1v) is 8.96. The van der Waals surface area contributed by atoms with E-state index in [-0.39, 0.29) is 11.4 Å². The van der Waals surface area contributed by atoms with E-state index in [1.165, 1.54) is 5.56 Å². The SMILES string of the molecule is O=C1CC2(CCN(Cc3ccc4nonc4c3)CC2)Oc2ccccc21. The van der Waals surface area contributed by atoms with E-state index in [0.717, 1.165) is 54.8 Å². The molecule has 3 aromatic rings. The molecule has 2 aliphatic heterocycles. The van der Waals surface area contributed by atoms with Crippen LogP contribution in [0, 0.1) is 0 Å². The third-order valence-corrected chi connectivity index (χ3v) is 5.49. The van der Waals surface area contributed by atoms with Crippen molar-refractivity contribution in [2.75, 3.05) is 13.1 Å². The molecule has 0 aliphatic carbocycles. The normalized spacial score (nSPS) is 19.5. The summed E-state index contributed by atoms with van der Waals surface area (Å²) in [5.41, 5.74) is 3.13. The minimum atomic E-state index is -0.345. The number of ether oxygens (including phenoxy) is 1. The van der Waals surface area contributed by atoms with Crippen LogP contribution in [-0.2, 0) is 6.54 Å². The van der Waals surface area contributed by atoms with Crippen molar-refractivity contribution in [3.05, 3.63) is 53.6 Å². The number of likely N-dealkylation sites (tertiary alicyclic amines) is 1. The molecular formula is C20H19N3O3. The third-order valence-electron chi connectivity index (χ3n) is 5.49. The van der Waals surface area contributed by atoms with Crippen molar-refractivity contribution >= 4 is 16.8 Å². The average molecular weight is 349 g/mol. The molecule has 1 aromatic heterocycles. The van der Waals surface area contributed by atoms with Gasteiger partial charge in [-0.05, 0) is 40.1 Å². The van der Waals surface area contributed by atoms with Gasteiger partial charge >= 0.3 is 0 Å². The third kappa shape index (κ3) is 2.66. The first-order valence-electron chi connectivity index (χ1n) is 8.96. The predicted octanol–water partition coefficient (Wildman–Crippen LogP) is 3.22. The van der Waals surface area contributed by atoms with E-state index in [9.17, 15) is 4.79 Å². The minimum Gasteiger partial charge on any atom is -0.486 e. The molecule has 0 atom stereocenters. The number of para-hydroxylation sites is 1. The van der Waals surface area contributed by atoms with E-state index in [2.05, 4.69) is 21.3 Å². The quantitative estimate of drug-likeness (QED) is 0.708. The Morgan fingerprint density at radius 2 is 1.85 bits per heavy atom. The number of carbonyl (C=O) groups is 1. The lowest BCUT2D eigenvalue weighted by Gasteiger charge is -2.44. The Kier molecular flexibility index (Phi) is 3.53. The molecule has 2 aliphatic rings. The highest BCUT2D eigenvalue weighted by Crippen LogP contribution is 2.39. The molecule has 1 spiro atoms. The highest BCUT2D eigenvalue weighted by molar-refractivity contribution is 6.00. The Morgan fingerprint density at radius 1 is 1.04 bits per heavy atom. The molecule has 132 valence electrons. The molecule has 0 radical (unpaired) electrons. The maximum atomic E-state index is 12.5. The lowest BCUT2D eigenvalue weighted by atomic mass is 9.82. The van der Waals surface area contributed by atoms with Crippen LogP contribution in [0.3, 0.4) is 0 Å². The van der Waals surface area contributed by atoms with Gasteiger partial charge in [-0.3, -0.25) is 9.69 Å². The molecule has 6 nitrogen and oxygen atoms in total. The number of hydrogen-bond acceptors (Lipinski definition) is 6. The smallest absolute Gasteiger partial charge is 0.170 e. The largest absolute Gasteiger partial charge is 0.486 e. The number of aromatic nitrogens is 2. The molecule has 1 fully saturated rings. The van der Waals surface area contributed by atoms with Gasteiger partial charge in [0.2, 0.25) is 0 Å². The number of ketones is 1. The van der Waals surface area contributed by atoms with Crippen LogP contribution in [0.1, 0.15) is 35.2 Å². The molecule has 3 heterocycles. The van der Waals surface area contributed by atoms with Gasteiger partial charge in [0.05, 0.1) is 12.0 Å². The van der Waals surface area contributed by atoms with Crippen LogP contribution in [0.4, 0.5) is 0 Å². The zero-order valence-corrected chi connectivity index (χ0v) is 14.4.